The number of likely N-dealkylation sites (tertiary alicyclic amines) is 1. The van der Waals surface area contributed by atoms with E-state index in [0.29, 0.717) is 18.9 Å². The first-order chi connectivity index (χ1) is 10.2. The van der Waals surface area contributed by atoms with Gasteiger partial charge in [-0.05, 0) is 18.9 Å². The molecule has 2 heterocycles. The topological polar surface area (TPSA) is 71.3 Å². The standard InChI is InChI=1S/C15H18N4O2/c1-11-2-4-12(5-3-11)8-16-15(20)19-7-6-13(9-19)14-17-10-21-18-14/h2-5,10,13H,6-9H2,1H3,(H,16,20)/t13-/m1/s1. The average Bonchev–Trinajstić information content (AvgIpc) is 3.17. The molecule has 1 saturated heterocycles. The fourth-order valence-corrected chi connectivity index (χ4v) is 2.51. The fourth-order valence-electron chi connectivity index (χ4n) is 2.51. The first-order valence-electron chi connectivity index (χ1n) is 7.07. The number of nitrogens with zero attached hydrogens (tertiary/aromatic N) is 3. The highest BCUT2D eigenvalue weighted by atomic mass is 16.5. The van der Waals surface area contributed by atoms with Crippen LogP contribution in [0.15, 0.2) is 35.2 Å². The largest absolute Gasteiger partial charge is 0.343 e. The van der Waals surface area contributed by atoms with Crippen molar-refractivity contribution >= 4 is 6.03 Å². The van der Waals surface area contributed by atoms with Crippen LogP contribution >= 0.6 is 0 Å². The minimum atomic E-state index is -0.0402. The molecule has 0 bridgehead atoms. The number of aromatic nitrogens is 2. The summed E-state index contributed by atoms with van der Waals surface area (Å²) in [4.78, 5) is 18.0. The minimum Gasteiger partial charge on any atom is -0.343 e. The van der Waals surface area contributed by atoms with E-state index in [1.165, 1.54) is 12.0 Å². The lowest BCUT2D eigenvalue weighted by molar-refractivity contribution is 0.207. The Morgan fingerprint density at radius 1 is 1.43 bits per heavy atom. The Bertz CT molecular complexity index is 595. The van der Waals surface area contributed by atoms with Gasteiger partial charge in [-0.25, -0.2) is 4.79 Å². The monoisotopic (exact) mass is 286 g/mol. The molecular weight excluding hydrogens is 268 g/mol. The molecule has 2 amide bonds. The molecule has 2 aromatic rings. The third kappa shape index (κ3) is 3.21. The normalized spacial score (nSPS) is 18.0. The quantitative estimate of drug-likeness (QED) is 0.937. The van der Waals surface area contributed by atoms with E-state index in [1.54, 1.807) is 4.90 Å². The van der Waals surface area contributed by atoms with E-state index in [9.17, 15) is 4.79 Å². The Morgan fingerprint density at radius 2 is 2.24 bits per heavy atom. The lowest BCUT2D eigenvalue weighted by atomic mass is 10.1. The summed E-state index contributed by atoms with van der Waals surface area (Å²) in [5.41, 5.74) is 2.32. The number of carbonyl (C=O) groups is 1. The molecule has 1 aliphatic rings. The third-order valence-corrected chi connectivity index (χ3v) is 3.78. The molecule has 6 heteroatoms. The zero-order valence-corrected chi connectivity index (χ0v) is 12.0. The van der Waals surface area contributed by atoms with E-state index in [4.69, 9.17) is 4.52 Å². The van der Waals surface area contributed by atoms with Crippen molar-refractivity contribution in [3.8, 4) is 0 Å². The summed E-state index contributed by atoms with van der Waals surface area (Å²) in [5, 5.41) is 6.80. The molecule has 1 atom stereocenters. The summed E-state index contributed by atoms with van der Waals surface area (Å²) in [6.45, 7) is 3.95. The van der Waals surface area contributed by atoms with E-state index >= 15 is 0 Å². The van der Waals surface area contributed by atoms with Crippen molar-refractivity contribution in [1.29, 1.82) is 0 Å². The molecule has 1 aliphatic heterocycles. The van der Waals surface area contributed by atoms with Crippen LogP contribution in [0.4, 0.5) is 4.79 Å². The number of rotatable bonds is 3. The van der Waals surface area contributed by atoms with Gasteiger partial charge in [0.2, 0.25) is 6.39 Å². The summed E-state index contributed by atoms with van der Waals surface area (Å²) < 4.78 is 4.76. The maximum absolute atomic E-state index is 12.2. The van der Waals surface area contributed by atoms with Crippen LogP contribution in [-0.4, -0.2) is 34.2 Å². The van der Waals surface area contributed by atoms with Gasteiger partial charge in [-0.1, -0.05) is 35.0 Å². The van der Waals surface area contributed by atoms with Crippen molar-refractivity contribution in [2.24, 2.45) is 0 Å². The van der Waals surface area contributed by atoms with E-state index < -0.39 is 0 Å². The number of urea groups is 1. The Balaban J connectivity index is 1.51. The number of nitrogens with one attached hydrogen (secondary N) is 1. The highest BCUT2D eigenvalue weighted by molar-refractivity contribution is 5.74. The number of carbonyl (C=O) groups excluding carboxylic acids is 1. The van der Waals surface area contributed by atoms with Gasteiger partial charge < -0.3 is 14.7 Å². The molecule has 0 aliphatic carbocycles. The fraction of sp³-hybridized carbons (Fsp3) is 0.400. The number of aryl methyl sites for hydroxylation is 1. The van der Waals surface area contributed by atoms with Crippen LogP contribution < -0.4 is 5.32 Å². The van der Waals surface area contributed by atoms with Gasteiger partial charge in [0.05, 0.1) is 0 Å². The number of hydrogen-bond acceptors (Lipinski definition) is 4. The predicted molar refractivity (Wildman–Crippen MR) is 76.6 cm³/mol. The van der Waals surface area contributed by atoms with E-state index in [1.807, 2.05) is 31.2 Å². The second-order valence-electron chi connectivity index (χ2n) is 5.37. The van der Waals surface area contributed by atoms with Gasteiger partial charge >= 0.3 is 6.03 Å². The van der Waals surface area contributed by atoms with Gasteiger partial charge in [0.1, 0.15) is 0 Å². The maximum atomic E-state index is 12.2. The molecule has 0 spiro atoms. The van der Waals surface area contributed by atoms with Crippen LogP contribution in [-0.2, 0) is 6.54 Å². The molecule has 0 unspecified atom stereocenters. The van der Waals surface area contributed by atoms with Gasteiger partial charge in [-0.3, -0.25) is 0 Å². The number of benzene rings is 1. The first kappa shape index (κ1) is 13.6. The molecule has 1 N–H and O–H groups in total. The smallest absolute Gasteiger partial charge is 0.317 e. The minimum absolute atomic E-state index is 0.0402. The van der Waals surface area contributed by atoms with Crippen LogP contribution in [0.5, 0.6) is 0 Å². The molecular formula is C15H18N4O2. The van der Waals surface area contributed by atoms with Crippen LogP contribution in [0.2, 0.25) is 0 Å². The summed E-state index contributed by atoms with van der Waals surface area (Å²) >= 11 is 0. The van der Waals surface area contributed by atoms with Gasteiger partial charge in [0.25, 0.3) is 0 Å². The van der Waals surface area contributed by atoms with E-state index in [-0.39, 0.29) is 11.9 Å². The van der Waals surface area contributed by atoms with Crippen LogP contribution in [0.3, 0.4) is 0 Å². The van der Waals surface area contributed by atoms with Gasteiger partial charge in [-0.15, -0.1) is 0 Å². The summed E-state index contributed by atoms with van der Waals surface area (Å²) in [6, 6.07) is 8.11. The van der Waals surface area contributed by atoms with Crippen molar-refractivity contribution in [2.45, 2.75) is 25.8 Å². The molecule has 21 heavy (non-hydrogen) atoms. The Hall–Kier alpha value is -2.37. The van der Waals surface area contributed by atoms with Gasteiger partial charge in [0, 0.05) is 25.6 Å². The highest BCUT2D eigenvalue weighted by Gasteiger charge is 2.29. The highest BCUT2D eigenvalue weighted by Crippen LogP contribution is 2.24. The average molecular weight is 286 g/mol. The second kappa shape index (κ2) is 5.95. The van der Waals surface area contributed by atoms with Crippen LogP contribution in [0, 0.1) is 6.92 Å². The van der Waals surface area contributed by atoms with E-state index in [0.717, 1.165) is 18.5 Å². The van der Waals surface area contributed by atoms with Gasteiger partial charge in [-0.2, -0.15) is 4.98 Å². The lowest BCUT2D eigenvalue weighted by Gasteiger charge is -2.17. The number of hydrogen-bond donors (Lipinski definition) is 1. The summed E-state index contributed by atoms with van der Waals surface area (Å²) in [6.07, 6.45) is 2.20. The van der Waals surface area contributed by atoms with Crippen molar-refractivity contribution in [1.82, 2.24) is 20.4 Å². The zero-order chi connectivity index (χ0) is 14.7. The molecule has 1 aromatic heterocycles. The van der Waals surface area contributed by atoms with Crippen molar-refractivity contribution in [3.63, 3.8) is 0 Å². The van der Waals surface area contributed by atoms with Crippen molar-refractivity contribution < 1.29 is 9.32 Å². The molecule has 110 valence electrons. The summed E-state index contributed by atoms with van der Waals surface area (Å²) in [7, 11) is 0. The van der Waals surface area contributed by atoms with Crippen LogP contribution in [0.1, 0.15) is 29.3 Å². The van der Waals surface area contributed by atoms with E-state index in [2.05, 4.69) is 15.5 Å². The number of amides is 2. The third-order valence-electron chi connectivity index (χ3n) is 3.78. The molecule has 1 aromatic carbocycles. The Kier molecular flexibility index (Phi) is 3.85. The zero-order valence-electron chi connectivity index (χ0n) is 12.0. The van der Waals surface area contributed by atoms with Gasteiger partial charge in [0.15, 0.2) is 5.82 Å². The van der Waals surface area contributed by atoms with Crippen molar-refractivity contribution in [2.75, 3.05) is 13.1 Å². The van der Waals surface area contributed by atoms with Crippen LogP contribution in [0.25, 0.3) is 0 Å². The first-order valence-corrected chi connectivity index (χ1v) is 7.07. The molecule has 0 radical (unpaired) electrons. The SMILES string of the molecule is Cc1ccc(CNC(=O)N2CC[C@@H](c3ncon3)C2)cc1. The Labute approximate surface area is 123 Å². The molecule has 1 fully saturated rings. The predicted octanol–water partition coefficient (Wildman–Crippen LogP) is 2.08. The maximum Gasteiger partial charge on any atom is 0.317 e. The lowest BCUT2D eigenvalue weighted by Crippen LogP contribution is -2.38. The second-order valence-corrected chi connectivity index (χ2v) is 5.37. The Morgan fingerprint density at radius 3 is 2.95 bits per heavy atom. The molecule has 0 saturated carbocycles. The van der Waals surface area contributed by atoms with Crippen molar-refractivity contribution in [3.05, 3.63) is 47.6 Å². The molecule has 3 rings (SSSR count). The summed E-state index contributed by atoms with van der Waals surface area (Å²) in [5.74, 6) is 0.859. The molecule has 6 nitrogen and oxygen atoms in total.